The molecule has 0 aromatic heterocycles. The van der Waals surface area contributed by atoms with E-state index in [0.29, 0.717) is 12.0 Å². The van der Waals surface area contributed by atoms with Crippen LogP contribution in [0.4, 0.5) is 0 Å². The van der Waals surface area contributed by atoms with Crippen LogP contribution in [-0.2, 0) is 6.42 Å². The molecule has 2 nitrogen and oxygen atoms in total. The van der Waals surface area contributed by atoms with Gasteiger partial charge in [-0.1, -0.05) is 52.0 Å². The van der Waals surface area contributed by atoms with Crippen molar-refractivity contribution in [1.29, 1.82) is 0 Å². The van der Waals surface area contributed by atoms with Gasteiger partial charge in [0, 0.05) is 24.6 Å². The molecular formula is C18H31NO. The van der Waals surface area contributed by atoms with Gasteiger partial charge in [-0.25, -0.2) is 0 Å². The molecule has 2 heteroatoms. The third-order valence-corrected chi connectivity index (χ3v) is 4.19. The summed E-state index contributed by atoms with van der Waals surface area (Å²) in [7, 11) is 0. The highest BCUT2D eigenvalue weighted by molar-refractivity contribution is 5.25. The summed E-state index contributed by atoms with van der Waals surface area (Å²) >= 11 is 0. The lowest BCUT2D eigenvalue weighted by Gasteiger charge is -2.28. The molecule has 20 heavy (non-hydrogen) atoms. The average Bonchev–Trinajstić information content (AvgIpc) is 2.44. The van der Waals surface area contributed by atoms with E-state index in [1.54, 1.807) is 0 Å². The maximum Gasteiger partial charge on any atom is 0.0496 e. The Labute approximate surface area is 124 Å². The molecule has 2 atom stereocenters. The van der Waals surface area contributed by atoms with Crippen molar-refractivity contribution in [3.8, 4) is 0 Å². The first-order valence-electron chi connectivity index (χ1n) is 7.83. The van der Waals surface area contributed by atoms with Gasteiger partial charge in [0.05, 0.1) is 0 Å². The van der Waals surface area contributed by atoms with Gasteiger partial charge in [-0.15, -0.1) is 0 Å². The van der Waals surface area contributed by atoms with Crippen LogP contribution in [0.3, 0.4) is 0 Å². The van der Waals surface area contributed by atoms with E-state index in [9.17, 15) is 5.11 Å². The van der Waals surface area contributed by atoms with Gasteiger partial charge >= 0.3 is 0 Å². The number of aliphatic hydroxyl groups is 1. The molecule has 0 saturated heterocycles. The predicted octanol–water partition coefficient (Wildman–Crippen LogP) is 3.94. The van der Waals surface area contributed by atoms with Crippen LogP contribution >= 0.6 is 0 Å². The molecule has 1 rings (SSSR count). The number of aliphatic hydroxyl groups excluding tert-OH is 1. The van der Waals surface area contributed by atoms with Gasteiger partial charge in [0.2, 0.25) is 0 Å². The monoisotopic (exact) mass is 277 g/mol. The van der Waals surface area contributed by atoms with Crippen LogP contribution in [0.2, 0.25) is 0 Å². The van der Waals surface area contributed by atoms with Gasteiger partial charge in [-0.3, -0.25) is 0 Å². The highest BCUT2D eigenvalue weighted by atomic mass is 16.3. The second-order valence-electron chi connectivity index (χ2n) is 6.76. The summed E-state index contributed by atoms with van der Waals surface area (Å²) in [4.78, 5) is 0. The molecule has 2 unspecified atom stereocenters. The zero-order chi connectivity index (χ0) is 15.2. The molecule has 0 aliphatic heterocycles. The number of nitrogens with one attached hydrogen (secondary N) is 1. The van der Waals surface area contributed by atoms with Crippen molar-refractivity contribution in [2.45, 2.75) is 53.5 Å². The van der Waals surface area contributed by atoms with Gasteiger partial charge < -0.3 is 10.4 Å². The van der Waals surface area contributed by atoms with Crippen molar-refractivity contribution in [3.63, 3.8) is 0 Å². The Hall–Kier alpha value is -0.860. The molecular weight excluding hydrogens is 246 g/mol. The largest absolute Gasteiger partial charge is 0.396 e. The fourth-order valence-corrected chi connectivity index (χ4v) is 2.22. The van der Waals surface area contributed by atoms with Crippen LogP contribution in [0.25, 0.3) is 0 Å². The topological polar surface area (TPSA) is 32.3 Å². The number of hydrogen-bond acceptors (Lipinski definition) is 2. The maximum absolute atomic E-state index is 9.45. The minimum atomic E-state index is -0.0220. The van der Waals surface area contributed by atoms with Crippen molar-refractivity contribution in [3.05, 3.63) is 35.4 Å². The Morgan fingerprint density at radius 1 is 1.15 bits per heavy atom. The Morgan fingerprint density at radius 2 is 1.75 bits per heavy atom. The molecule has 0 aliphatic rings. The molecule has 2 N–H and O–H groups in total. The van der Waals surface area contributed by atoms with E-state index >= 15 is 0 Å². The molecule has 114 valence electrons. The van der Waals surface area contributed by atoms with Crippen molar-refractivity contribution in [2.75, 3.05) is 13.2 Å². The van der Waals surface area contributed by atoms with E-state index in [0.717, 1.165) is 19.4 Å². The van der Waals surface area contributed by atoms with Crippen molar-refractivity contribution in [1.82, 2.24) is 5.32 Å². The fourth-order valence-electron chi connectivity index (χ4n) is 2.22. The van der Waals surface area contributed by atoms with Crippen LogP contribution in [0.1, 0.15) is 58.2 Å². The lowest BCUT2D eigenvalue weighted by Crippen LogP contribution is -2.35. The lowest BCUT2D eigenvalue weighted by molar-refractivity contribution is 0.132. The van der Waals surface area contributed by atoms with Gasteiger partial charge in [-0.05, 0) is 36.8 Å². The van der Waals surface area contributed by atoms with Crippen molar-refractivity contribution >= 4 is 0 Å². The molecule has 0 bridgehead atoms. The highest BCUT2D eigenvalue weighted by Gasteiger charge is 2.21. The smallest absolute Gasteiger partial charge is 0.0496 e. The van der Waals surface area contributed by atoms with E-state index in [4.69, 9.17) is 0 Å². The summed E-state index contributed by atoms with van der Waals surface area (Å²) in [6, 6.07) is 9.23. The van der Waals surface area contributed by atoms with Crippen molar-refractivity contribution < 1.29 is 5.11 Å². The van der Waals surface area contributed by atoms with Crippen LogP contribution in [0, 0.1) is 11.3 Å². The maximum atomic E-state index is 9.45. The SMILES string of the molecule is CCC(C)(CO)CNC(C)c1ccc(CC(C)C)cc1. The molecule has 0 heterocycles. The van der Waals surface area contributed by atoms with Crippen LogP contribution in [-0.4, -0.2) is 18.3 Å². The quantitative estimate of drug-likeness (QED) is 0.754. The Kier molecular flexibility index (Phi) is 6.70. The second-order valence-corrected chi connectivity index (χ2v) is 6.76. The van der Waals surface area contributed by atoms with E-state index in [1.807, 2.05) is 0 Å². The molecule has 0 saturated carbocycles. The van der Waals surface area contributed by atoms with Crippen molar-refractivity contribution in [2.24, 2.45) is 11.3 Å². The predicted molar refractivity (Wildman–Crippen MR) is 86.9 cm³/mol. The first kappa shape index (κ1) is 17.2. The highest BCUT2D eigenvalue weighted by Crippen LogP contribution is 2.21. The van der Waals surface area contributed by atoms with Gasteiger partial charge in [-0.2, -0.15) is 0 Å². The van der Waals surface area contributed by atoms with Crippen LogP contribution < -0.4 is 5.32 Å². The third kappa shape index (κ3) is 5.26. The lowest BCUT2D eigenvalue weighted by atomic mass is 9.88. The molecule has 0 spiro atoms. The van der Waals surface area contributed by atoms with Gasteiger partial charge in [0.15, 0.2) is 0 Å². The summed E-state index contributed by atoms with van der Waals surface area (Å²) in [5.41, 5.74) is 2.70. The molecule has 1 aromatic carbocycles. The van der Waals surface area contributed by atoms with E-state index in [-0.39, 0.29) is 12.0 Å². The standard InChI is InChI=1S/C18H31NO/c1-6-18(5,13-20)12-19-15(4)17-9-7-16(8-10-17)11-14(2)3/h7-10,14-15,19-20H,6,11-13H2,1-5H3. The minimum Gasteiger partial charge on any atom is -0.396 e. The number of benzene rings is 1. The summed E-state index contributed by atoms with van der Waals surface area (Å²) in [5.74, 6) is 0.700. The fraction of sp³-hybridized carbons (Fsp3) is 0.667. The van der Waals surface area contributed by atoms with E-state index in [1.165, 1.54) is 11.1 Å². The first-order chi connectivity index (χ1) is 9.40. The number of rotatable bonds is 8. The Balaban J connectivity index is 2.57. The normalized spacial score (nSPS) is 16.1. The minimum absolute atomic E-state index is 0.0220. The third-order valence-electron chi connectivity index (χ3n) is 4.19. The molecule has 0 radical (unpaired) electrons. The Bertz CT molecular complexity index is 379. The zero-order valence-corrected chi connectivity index (χ0v) is 13.7. The second kappa shape index (κ2) is 7.80. The summed E-state index contributed by atoms with van der Waals surface area (Å²) < 4.78 is 0. The molecule has 1 aromatic rings. The van der Waals surface area contributed by atoms with E-state index < -0.39 is 0 Å². The van der Waals surface area contributed by atoms with Crippen LogP contribution in [0.5, 0.6) is 0 Å². The molecule has 0 aliphatic carbocycles. The molecule has 0 fully saturated rings. The van der Waals surface area contributed by atoms with Gasteiger partial charge in [0.1, 0.15) is 0 Å². The first-order valence-corrected chi connectivity index (χ1v) is 7.83. The summed E-state index contributed by atoms with van der Waals surface area (Å²) in [6.45, 7) is 12.0. The molecule has 0 amide bonds. The average molecular weight is 277 g/mol. The zero-order valence-electron chi connectivity index (χ0n) is 13.7. The summed E-state index contributed by atoms with van der Waals surface area (Å²) in [6.07, 6.45) is 2.12. The summed E-state index contributed by atoms with van der Waals surface area (Å²) in [5, 5.41) is 13.0. The van der Waals surface area contributed by atoms with E-state index in [2.05, 4.69) is 64.2 Å². The number of hydrogen-bond donors (Lipinski definition) is 2. The Morgan fingerprint density at radius 3 is 2.20 bits per heavy atom. The van der Waals surface area contributed by atoms with Gasteiger partial charge in [0.25, 0.3) is 0 Å². The van der Waals surface area contributed by atoms with Crippen LogP contribution in [0.15, 0.2) is 24.3 Å².